The van der Waals surface area contributed by atoms with Crippen molar-refractivity contribution in [2.75, 3.05) is 6.61 Å². The van der Waals surface area contributed by atoms with E-state index < -0.39 is 0 Å². The molecule has 0 radical (unpaired) electrons. The zero-order valence-electron chi connectivity index (χ0n) is 12.2. The van der Waals surface area contributed by atoms with E-state index in [4.69, 9.17) is 0 Å². The van der Waals surface area contributed by atoms with Gasteiger partial charge in [0.05, 0.1) is 0 Å². The molecule has 1 N–H and O–H groups in total. The Bertz CT molecular complexity index is 411. The zero-order valence-corrected chi connectivity index (χ0v) is 14.6. The van der Waals surface area contributed by atoms with Gasteiger partial charge in [-0.15, -0.1) is 11.3 Å². The highest BCUT2D eigenvalue weighted by atomic mass is 79.9. The average molecular weight is 345 g/mol. The Kier molecular flexibility index (Phi) is 4.79. The van der Waals surface area contributed by atoms with Gasteiger partial charge in [-0.25, -0.2) is 0 Å². The lowest BCUT2D eigenvalue weighted by atomic mass is 9.63. The third-order valence-corrected chi connectivity index (χ3v) is 6.48. The monoisotopic (exact) mass is 344 g/mol. The molecule has 1 nitrogen and oxygen atoms in total. The molecule has 19 heavy (non-hydrogen) atoms. The van der Waals surface area contributed by atoms with Gasteiger partial charge in [0.15, 0.2) is 0 Å². The van der Waals surface area contributed by atoms with Crippen LogP contribution in [-0.4, -0.2) is 11.7 Å². The smallest absolute Gasteiger partial charge is 0.0490 e. The molecule has 1 saturated carbocycles. The average Bonchev–Trinajstić information content (AvgIpc) is 2.74. The topological polar surface area (TPSA) is 20.2 Å². The predicted octanol–water partition coefficient (Wildman–Crippen LogP) is 5.27. The molecule has 2 rings (SSSR count). The quantitative estimate of drug-likeness (QED) is 0.791. The molecule has 1 aliphatic carbocycles. The number of rotatable bonds is 3. The first-order chi connectivity index (χ1) is 8.85. The van der Waals surface area contributed by atoms with Crippen LogP contribution in [0.2, 0.25) is 0 Å². The molecule has 3 heteroatoms. The van der Waals surface area contributed by atoms with Gasteiger partial charge >= 0.3 is 0 Å². The fourth-order valence-electron chi connectivity index (χ4n) is 3.30. The normalized spacial score (nSPS) is 28.6. The van der Waals surface area contributed by atoms with Gasteiger partial charge in [0.1, 0.15) is 0 Å². The summed E-state index contributed by atoms with van der Waals surface area (Å²) in [5.74, 6) is 0.808. The third kappa shape index (κ3) is 3.83. The summed E-state index contributed by atoms with van der Waals surface area (Å²) in [6.45, 7) is 7.37. The Balaban J connectivity index is 2.02. The fourth-order valence-corrected chi connectivity index (χ4v) is 4.93. The summed E-state index contributed by atoms with van der Waals surface area (Å²) >= 11 is 5.33. The van der Waals surface area contributed by atoms with Gasteiger partial charge in [-0.1, -0.05) is 20.8 Å². The van der Waals surface area contributed by atoms with Gasteiger partial charge in [-0.2, -0.15) is 0 Å². The van der Waals surface area contributed by atoms with Crippen molar-refractivity contribution < 1.29 is 5.11 Å². The summed E-state index contributed by atoms with van der Waals surface area (Å²) in [5, 5.41) is 12.0. The standard InChI is InChI=1S/C16H25BrOS/c1-15(2,3)12-4-6-16(11-18,7-5-12)9-14-8-13(17)10-19-14/h8,10,12,18H,4-7,9,11H2,1-3H3. The molecule has 0 aromatic carbocycles. The number of aliphatic hydroxyl groups is 1. The van der Waals surface area contributed by atoms with Crippen LogP contribution in [0.3, 0.4) is 0 Å². The van der Waals surface area contributed by atoms with Crippen molar-refractivity contribution in [1.82, 2.24) is 0 Å². The summed E-state index contributed by atoms with van der Waals surface area (Å²) in [6, 6.07) is 2.21. The molecule has 0 saturated heterocycles. The second kappa shape index (κ2) is 5.87. The van der Waals surface area contributed by atoms with Gasteiger partial charge < -0.3 is 5.11 Å². The maximum absolute atomic E-state index is 9.89. The van der Waals surface area contributed by atoms with Crippen LogP contribution in [0.5, 0.6) is 0 Å². The molecule has 1 aromatic rings. The lowest BCUT2D eigenvalue weighted by Gasteiger charge is -2.43. The van der Waals surface area contributed by atoms with Crippen LogP contribution >= 0.6 is 27.3 Å². The molecule has 0 amide bonds. The van der Waals surface area contributed by atoms with Crippen LogP contribution in [0, 0.1) is 16.7 Å². The van der Waals surface area contributed by atoms with Crippen LogP contribution in [0.4, 0.5) is 0 Å². The minimum Gasteiger partial charge on any atom is -0.396 e. The summed E-state index contributed by atoms with van der Waals surface area (Å²) in [6.07, 6.45) is 5.89. The van der Waals surface area contributed by atoms with Gasteiger partial charge in [-0.05, 0) is 70.8 Å². The highest BCUT2D eigenvalue weighted by molar-refractivity contribution is 9.10. The van der Waals surface area contributed by atoms with Crippen LogP contribution in [0.25, 0.3) is 0 Å². The second-order valence-electron chi connectivity index (χ2n) is 7.21. The molecule has 1 fully saturated rings. The highest BCUT2D eigenvalue weighted by Gasteiger charge is 2.38. The Hall–Kier alpha value is 0.140. The summed E-state index contributed by atoms with van der Waals surface area (Å²) in [5.41, 5.74) is 0.541. The van der Waals surface area contributed by atoms with Crippen LogP contribution in [-0.2, 0) is 6.42 Å². The number of thiophene rings is 1. The molecule has 0 atom stereocenters. The summed E-state index contributed by atoms with van der Waals surface area (Å²) in [4.78, 5) is 1.40. The lowest BCUT2D eigenvalue weighted by molar-refractivity contribution is 0.0375. The van der Waals surface area contributed by atoms with E-state index in [9.17, 15) is 5.11 Å². The van der Waals surface area contributed by atoms with Crippen molar-refractivity contribution in [3.05, 3.63) is 20.8 Å². The predicted molar refractivity (Wildman–Crippen MR) is 86.7 cm³/mol. The first-order valence-corrected chi connectivity index (χ1v) is 8.86. The van der Waals surface area contributed by atoms with E-state index in [-0.39, 0.29) is 5.41 Å². The molecule has 0 spiro atoms. The molecule has 1 aliphatic rings. The molecule has 1 heterocycles. The van der Waals surface area contributed by atoms with Crippen molar-refractivity contribution >= 4 is 27.3 Å². The highest BCUT2D eigenvalue weighted by Crippen LogP contribution is 2.47. The van der Waals surface area contributed by atoms with E-state index in [0.29, 0.717) is 12.0 Å². The van der Waals surface area contributed by atoms with Crippen LogP contribution in [0.1, 0.15) is 51.3 Å². The van der Waals surface area contributed by atoms with E-state index in [0.717, 1.165) is 12.3 Å². The van der Waals surface area contributed by atoms with Crippen LogP contribution < -0.4 is 0 Å². The van der Waals surface area contributed by atoms with E-state index in [1.54, 1.807) is 11.3 Å². The first kappa shape index (κ1) is 15.5. The minimum atomic E-state index is 0.131. The maximum atomic E-state index is 9.89. The van der Waals surface area contributed by atoms with E-state index in [1.165, 1.54) is 35.0 Å². The van der Waals surface area contributed by atoms with Crippen molar-refractivity contribution in [1.29, 1.82) is 0 Å². The Morgan fingerprint density at radius 3 is 2.42 bits per heavy atom. The lowest BCUT2D eigenvalue weighted by Crippen LogP contribution is -2.36. The second-order valence-corrected chi connectivity index (χ2v) is 9.12. The number of halogens is 1. The first-order valence-electron chi connectivity index (χ1n) is 7.18. The SMILES string of the molecule is CC(C)(C)C1CCC(CO)(Cc2cc(Br)cs2)CC1. The number of aliphatic hydroxyl groups excluding tert-OH is 1. The van der Waals surface area contributed by atoms with E-state index in [2.05, 4.69) is 48.1 Å². The molecule has 0 bridgehead atoms. The van der Waals surface area contributed by atoms with Crippen molar-refractivity contribution in [2.24, 2.45) is 16.7 Å². The van der Waals surface area contributed by atoms with Gasteiger partial charge in [0.2, 0.25) is 0 Å². The molecular formula is C16H25BrOS. The van der Waals surface area contributed by atoms with E-state index >= 15 is 0 Å². The Morgan fingerprint density at radius 2 is 2.00 bits per heavy atom. The van der Waals surface area contributed by atoms with Crippen molar-refractivity contribution in [2.45, 2.75) is 52.9 Å². The van der Waals surface area contributed by atoms with Gasteiger partial charge in [0, 0.05) is 21.3 Å². The Labute approximate surface area is 129 Å². The number of hydrogen-bond acceptors (Lipinski definition) is 2. The largest absolute Gasteiger partial charge is 0.396 e. The van der Waals surface area contributed by atoms with Gasteiger partial charge in [-0.3, -0.25) is 0 Å². The molecular weight excluding hydrogens is 320 g/mol. The summed E-state index contributed by atoms with van der Waals surface area (Å²) < 4.78 is 1.17. The summed E-state index contributed by atoms with van der Waals surface area (Å²) in [7, 11) is 0. The van der Waals surface area contributed by atoms with Crippen molar-refractivity contribution in [3.8, 4) is 0 Å². The Morgan fingerprint density at radius 1 is 1.37 bits per heavy atom. The number of hydrogen-bond donors (Lipinski definition) is 1. The maximum Gasteiger partial charge on any atom is 0.0490 e. The molecule has 108 valence electrons. The molecule has 0 unspecified atom stereocenters. The van der Waals surface area contributed by atoms with Gasteiger partial charge in [0.25, 0.3) is 0 Å². The molecule has 1 aromatic heterocycles. The minimum absolute atomic E-state index is 0.131. The zero-order chi connectivity index (χ0) is 14.1. The van der Waals surface area contributed by atoms with E-state index in [1.807, 2.05) is 0 Å². The van der Waals surface area contributed by atoms with Crippen LogP contribution in [0.15, 0.2) is 15.9 Å². The third-order valence-electron chi connectivity index (χ3n) is 4.78. The fraction of sp³-hybridized carbons (Fsp3) is 0.750. The molecule has 0 aliphatic heterocycles. The van der Waals surface area contributed by atoms with Crippen molar-refractivity contribution in [3.63, 3.8) is 0 Å².